The van der Waals surface area contributed by atoms with Gasteiger partial charge in [0.2, 0.25) is 11.8 Å². The van der Waals surface area contributed by atoms with Crippen molar-refractivity contribution in [3.05, 3.63) is 35.4 Å². The summed E-state index contributed by atoms with van der Waals surface area (Å²) in [6.45, 7) is 8.91. The van der Waals surface area contributed by atoms with Gasteiger partial charge in [-0.25, -0.2) is 0 Å². The first-order chi connectivity index (χ1) is 10.5. The van der Waals surface area contributed by atoms with Gasteiger partial charge in [0.05, 0.1) is 0 Å². The number of benzene rings is 1. The molecule has 0 bridgehead atoms. The van der Waals surface area contributed by atoms with E-state index in [-0.39, 0.29) is 23.7 Å². The molecule has 1 rings (SSSR count). The molecule has 1 aromatic rings. The van der Waals surface area contributed by atoms with Crippen LogP contribution in [-0.4, -0.2) is 11.8 Å². The van der Waals surface area contributed by atoms with Crippen molar-refractivity contribution in [3.63, 3.8) is 0 Å². The first kappa shape index (κ1) is 18.2. The van der Waals surface area contributed by atoms with E-state index in [0.29, 0.717) is 13.1 Å². The highest BCUT2D eigenvalue weighted by Crippen LogP contribution is 2.07. The molecule has 2 atom stereocenters. The summed E-state index contributed by atoms with van der Waals surface area (Å²) in [4.78, 5) is 23.6. The molecule has 2 N–H and O–H groups in total. The van der Waals surface area contributed by atoms with E-state index in [9.17, 15) is 9.59 Å². The Morgan fingerprint density at radius 2 is 1.32 bits per heavy atom. The first-order valence-corrected chi connectivity index (χ1v) is 8.11. The largest absolute Gasteiger partial charge is 0.352 e. The topological polar surface area (TPSA) is 58.2 Å². The van der Waals surface area contributed by atoms with Crippen molar-refractivity contribution in [3.8, 4) is 0 Å². The number of rotatable bonds is 8. The van der Waals surface area contributed by atoms with Gasteiger partial charge in [0.1, 0.15) is 0 Å². The van der Waals surface area contributed by atoms with E-state index in [4.69, 9.17) is 0 Å². The fraction of sp³-hybridized carbons (Fsp3) is 0.556. The molecular formula is C18H28N2O2. The molecule has 22 heavy (non-hydrogen) atoms. The first-order valence-electron chi connectivity index (χ1n) is 8.11. The van der Waals surface area contributed by atoms with Crippen LogP contribution in [0.15, 0.2) is 24.3 Å². The lowest BCUT2D eigenvalue weighted by molar-refractivity contribution is -0.125. The maximum atomic E-state index is 11.8. The SMILES string of the molecule is CCC(C)C(=O)NCc1cccc(CNC(=O)C(C)CC)c1. The number of hydrogen-bond donors (Lipinski definition) is 2. The second-order valence-corrected chi connectivity index (χ2v) is 5.87. The summed E-state index contributed by atoms with van der Waals surface area (Å²) in [6, 6.07) is 7.94. The standard InChI is InChI=1S/C18H28N2O2/c1-5-13(3)17(21)19-11-15-8-7-9-16(10-15)12-20-18(22)14(4)6-2/h7-10,13-14H,5-6,11-12H2,1-4H3,(H,19,21)(H,20,22). The Morgan fingerprint density at radius 3 is 1.68 bits per heavy atom. The second-order valence-electron chi connectivity index (χ2n) is 5.87. The molecule has 122 valence electrons. The highest BCUT2D eigenvalue weighted by atomic mass is 16.2. The van der Waals surface area contributed by atoms with Crippen LogP contribution in [0.1, 0.15) is 51.7 Å². The Morgan fingerprint density at radius 1 is 0.909 bits per heavy atom. The molecule has 0 heterocycles. The van der Waals surface area contributed by atoms with Gasteiger partial charge >= 0.3 is 0 Å². The van der Waals surface area contributed by atoms with E-state index in [1.165, 1.54) is 0 Å². The maximum Gasteiger partial charge on any atom is 0.223 e. The maximum absolute atomic E-state index is 11.8. The molecule has 0 saturated heterocycles. The fourth-order valence-electron chi connectivity index (χ4n) is 1.95. The quantitative estimate of drug-likeness (QED) is 0.775. The van der Waals surface area contributed by atoms with Gasteiger partial charge in [0.15, 0.2) is 0 Å². The van der Waals surface area contributed by atoms with Crippen molar-refractivity contribution in [2.75, 3.05) is 0 Å². The van der Waals surface area contributed by atoms with Crippen molar-refractivity contribution in [1.82, 2.24) is 10.6 Å². The van der Waals surface area contributed by atoms with Gasteiger partial charge in [-0.3, -0.25) is 9.59 Å². The normalized spacial score (nSPS) is 13.3. The zero-order valence-corrected chi connectivity index (χ0v) is 14.1. The molecule has 2 unspecified atom stereocenters. The number of amides is 2. The highest BCUT2D eigenvalue weighted by molar-refractivity contribution is 5.78. The summed E-state index contributed by atoms with van der Waals surface area (Å²) in [6.07, 6.45) is 1.68. The van der Waals surface area contributed by atoms with E-state index >= 15 is 0 Å². The number of nitrogens with one attached hydrogen (secondary N) is 2. The van der Waals surface area contributed by atoms with Crippen LogP contribution in [0.5, 0.6) is 0 Å². The van der Waals surface area contributed by atoms with Gasteiger partial charge in [0, 0.05) is 24.9 Å². The Hall–Kier alpha value is -1.84. The van der Waals surface area contributed by atoms with Crippen LogP contribution < -0.4 is 10.6 Å². The van der Waals surface area contributed by atoms with Crippen LogP contribution in [0.2, 0.25) is 0 Å². The van der Waals surface area contributed by atoms with Crippen LogP contribution >= 0.6 is 0 Å². The third kappa shape index (κ3) is 5.88. The molecule has 0 fully saturated rings. The number of carbonyl (C=O) groups excluding carboxylic acids is 2. The van der Waals surface area contributed by atoms with Gasteiger partial charge in [0.25, 0.3) is 0 Å². The summed E-state index contributed by atoms with van der Waals surface area (Å²) >= 11 is 0. The predicted molar refractivity (Wildman–Crippen MR) is 89.0 cm³/mol. The second kappa shape index (κ2) is 9.23. The summed E-state index contributed by atoms with van der Waals surface area (Å²) < 4.78 is 0. The number of hydrogen-bond acceptors (Lipinski definition) is 2. The molecule has 0 spiro atoms. The summed E-state index contributed by atoms with van der Waals surface area (Å²) in [5.74, 6) is 0.243. The Bertz CT molecular complexity index is 458. The van der Waals surface area contributed by atoms with Crippen molar-refractivity contribution < 1.29 is 9.59 Å². The van der Waals surface area contributed by atoms with Gasteiger partial charge in [-0.2, -0.15) is 0 Å². The minimum absolute atomic E-state index is 0.0398. The van der Waals surface area contributed by atoms with E-state index in [1.54, 1.807) is 0 Å². The predicted octanol–water partition coefficient (Wildman–Crippen LogP) is 3.01. The molecule has 2 amide bonds. The van der Waals surface area contributed by atoms with Gasteiger partial charge in [-0.1, -0.05) is 52.0 Å². The molecule has 0 aliphatic rings. The molecule has 0 aromatic heterocycles. The van der Waals surface area contributed by atoms with Crippen molar-refractivity contribution in [1.29, 1.82) is 0 Å². The monoisotopic (exact) mass is 304 g/mol. The van der Waals surface area contributed by atoms with Crippen molar-refractivity contribution in [2.24, 2.45) is 11.8 Å². The molecule has 4 nitrogen and oxygen atoms in total. The minimum atomic E-state index is 0.0398. The van der Waals surface area contributed by atoms with Crippen LogP contribution in [0.25, 0.3) is 0 Å². The lowest BCUT2D eigenvalue weighted by Crippen LogP contribution is -2.29. The van der Waals surface area contributed by atoms with E-state index in [1.807, 2.05) is 52.0 Å². The molecule has 1 aromatic carbocycles. The zero-order chi connectivity index (χ0) is 16.5. The Kier molecular flexibility index (Phi) is 7.64. The van der Waals surface area contributed by atoms with Crippen LogP contribution in [0.4, 0.5) is 0 Å². The molecule has 0 aliphatic carbocycles. The van der Waals surface area contributed by atoms with Gasteiger partial charge in [-0.05, 0) is 24.0 Å². The molecule has 4 heteroatoms. The van der Waals surface area contributed by atoms with Crippen molar-refractivity contribution >= 4 is 11.8 Å². The fourth-order valence-corrected chi connectivity index (χ4v) is 1.95. The van der Waals surface area contributed by atoms with Gasteiger partial charge < -0.3 is 10.6 Å². The lowest BCUT2D eigenvalue weighted by Gasteiger charge is -2.12. The summed E-state index contributed by atoms with van der Waals surface area (Å²) in [5.41, 5.74) is 2.10. The third-order valence-electron chi connectivity index (χ3n) is 4.04. The summed E-state index contributed by atoms with van der Waals surface area (Å²) in [5, 5.41) is 5.89. The van der Waals surface area contributed by atoms with Crippen LogP contribution in [0, 0.1) is 11.8 Å². The van der Waals surface area contributed by atoms with E-state index in [0.717, 1.165) is 24.0 Å². The summed E-state index contributed by atoms with van der Waals surface area (Å²) in [7, 11) is 0. The van der Waals surface area contributed by atoms with Crippen LogP contribution in [-0.2, 0) is 22.7 Å². The zero-order valence-electron chi connectivity index (χ0n) is 14.1. The van der Waals surface area contributed by atoms with Crippen LogP contribution in [0.3, 0.4) is 0 Å². The average Bonchev–Trinajstić information content (AvgIpc) is 2.56. The average molecular weight is 304 g/mol. The molecular weight excluding hydrogens is 276 g/mol. The smallest absolute Gasteiger partial charge is 0.223 e. The molecule has 0 aliphatic heterocycles. The Balaban J connectivity index is 2.52. The van der Waals surface area contributed by atoms with Gasteiger partial charge in [-0.15, -0.1) is 0 Å². The molecule has 0 radical (unpaired) electrons. The Labute approximate surface area is 133 Å². The van der Waals surface area contributed by atoms with Crippen molar-refractivity contribution in [2.45, 2.75) is 53.6 Å². The highest BCUT2D eigenvalue weighted by Gasteiger charge is 2.11. The molecule has 0 saturated carbocycles. The van der Waals surface area contributed by atoms with E-state index in [2.05, 4.69) is 10.6 Å². The lowest BCUT2D eigenvalue weighted by atomic mass is 10.1. The third-order valence-corrected chi connectivity index (χ3v) is 4.04. The minimum Gasteiger partial charge on any atom is -0.352 e. The number of carbonyl (C=O) groups is 2. The van der Waals surface area contributed by atoms with E-state index < -0.39 is 0 Å².